The van der Waals surface area contributed by atoms with E-state index >= 15 is 0 Å². The number of hydrogen-bond acceptors (Lipinski definition) is 6. The van der Waals surface area contributed by atoms with Gasteiger partial charge in [0.05, 0.1) is 31.3 Å². The van der Waals surface area contributed by atoms with Crippen LogP contribution in [-0.2, 0) is 20.9 Å². The average molecular weight is 508 g/mol. The van der Waals surface area contributed by atoms with Gasteiger partial charge < -0.3 is 4.74 Å². The van der Waals surface area contributed by atoms with Gasteiger partial charge in [0.15, 0.2) is 5.78 Å². The molecule has 9 heteroatoms. The molecular formula is C25H31ClFN3O3S. The predicted octanol–water partition coefficient (Wildman–Crippen LogP) is 4.51. The lowest BCUT2D eigenvalue weighted by atomic mass is 9.93. The highest BCUT2D eigenvalue weighted by molar-refractivity contribution is 7.81. The normalized spacial score (nSPS) is 20.6. The molecule has 2 heterocycles. The summed E-state index contributed by atoms with van der Waals surface area (Å²) in [6, 6.07) is 7.90. The van der Waals surface area contributed by atoms with Crippen molar-refractivity contribution in [2.45, 2.75) is 50.4 Å². The minimum atomic E-state index is -0.579. The van der Waals surface area contributed by atoms with E-state index in [0.717, 1.165) is 30.5 Å². The fourth-order valence-corrected chi connectivity index (χ4v) is 4.55. The number of ketones is 1. The number of ether oxygens (including phenoxy) is 1. The molecule has 0 spiro atoms. The first-order valence-corrected chi connectivity index (χ1v) is 12.1. The quantitative estimate of drug-likeness (QED) is 0.400. The number of carbonyl (C=O) groups is 2. The average Bonchev–Trinajstić information content (AvgIpc) is 3.56. The number of likely N-dealkylation sites (tertiary alicyclic amines) is 1. The van der Waals surface area contributed by atoms with Gasteiger partial charge in [0.1, 0.15) is 5.82 Å². The summed E-state index contributed by atoms with van der Waals surface area (Å²) >= 11 is 4.76. The van der Waals surface area contributed by atoms with Crippen LogP contribution < -0.4 is 0 Å². The van der Waals surface area contributed by atoms with Crippen molar-refractivity contribution in [3.8, 4) is 0 Å². The highest BCUT2D eigenvalue weighted by Crippen LogP contribution is 2.39. The van der Waals surface area contributed by atoms with Crippen LogP contribution in [0.5, 0.6) is 0 Å². The molecule has 0 unspecified atom stereocenters. The smallest absolute Gasteiger partial charge is 0.307 e. The molecule has 0 amide bonds. The highest BCUT2D eigenvalue weighted by Gasteiger charge is 2.40. The monoisotopic (exact) mass is 507 g/mol. The Bertz CT molecular complexity index is 1040. The van der Waals surface area contributed by atoms with Gasteiger partial charge in [0.25, 0.3) is 0 Å². The first-order valence-electron chi connectivity index (χ1n) is 11.6. The Morgan fingerprint density at radius 2 is 2.03 bits per heavy atom. The Balaban J connectivity index is 0.00000324. The van der Waals surface area contributed by atoms with Gasteiger partial charge >= 0.3 is 5.97 Å². The minimum absolute atomic E-state index is 0. The van der Waals surface area contributed by atoms with E-state index in [0.29, 0.717) is 31.8 Å². The van der Waals surface area contributed by atoms with Gasteiger partial charge in [-0.3, -0.25) is 19.2 Å². The lowest BCUT2D eigenvalue weighted by Gasteiger charge is -2.37. The summed E-state index contributed by atoms with van der Waals surface area (Å²) in [5.74, 6) is -0.438. The third kappa shape index (κ3) is 6.49. The summed E-state index contributed by atoms with van der Waals surface area (Å²) in [7, 11) is 0. The lowest BCUT2D eigenvalue weighted by Crippen LogP contribution is -2.42. The Kier molecular flexibility index (Phi) is 9.33. The molecule has 6 nitrogen and oxygen atoms in total. The molecule has 2 aliphatic rings. The Morgan fingerprint density at radius 3 is 2.74 bits per heavy atom. The van der Waals surface area contributed by atoms with Crippen molar-refractivity contribution in [2.75, 3.05) is 19.7 Å². The van der Waals surface area contributed by atoms with E-state index in [-0.39, 0.29) is 47.6 Å². The number of esters is 1. The van der Waals surface area contributed by atoms with Crippen LogP contribution in [0.2, 0.25) is 0 Å². The maximum Gasteiger partial charge on any atom is 0.307 e. The second-order valence-electron chi connectivity index (χ2n) is 8.65. The SMILES string of the molecule is CCOC(=O)CCn1ccc(/C=C2/CN([C@H](C(=O)C3CC3)c3ccccc3F)CC[C@H]2S)n1.Cl. The van der Waals surface area contributed by atoms with Crippen molar-refractivity contribution >= 4 is 42.9 Å². The lowest BCUT2D eigenvalue weighted by molar-refractivity contribution is -0.143. The molecule has 1 aliphatic carbocycles. The first kappa shape index (κ1) is 26.4. The molecule has 1 aromatic heterocycles. The minimum Gasteiger partial charge on any atom is -0.466 e. The van der Waals surface area contributed by atoms with Crippen LogP contribution in [-0.4, -0.2) is 51.4 Å². The zero-order valence-electron chi connectivity index (χ0n) is 19.2. The number of aromatic nitrogens is 2. The van der Waals surface area contributed by atoms with Crippen molar-refractivity contribution in [3.63, 3.8) is 0 Å². The summed E-state index contributed by atoms with van der Waals surface area (Å²) in [6.45, 7) is 3.81. The van der Waals surface area contributed by atoms with Gasteiger partial charge in [-0.1, -0.05) is 18.2 Å². The van der Waals surface area contributed by atoms with Crippen molar-refractivity contribution in [3.05, 3.63) is 59.2 Å². The van der Waals surface area contributed by atoms with E-state index in [1.807, 2.05) is 18.3 Å². The fraction of sp³-hybridized carbons (Fsp3) is 0.480. The maximum absolute atomic E-state index is 14.7. The number of Topliss-reactive ketones (excluding diaryl/α,β-unsaturated/α-hetero) is 1. The van der Waals surface area contributed by atoms with E-state index in [2.05, 4.69) is 10.00 Å². The molecule has 1 aliphatic heterocycles. The van der Waals surface area contributed by atoms with Crippen LogP contribution >= 0.6 is 25.0 Å². The van der Waals surface area contributed by atoms with Crippen LogP contribution in [0.25, 0.3) is 6.08 Å². The molecule has 0 bridgehead atoms. The van der Waals surface area contributed by atoms with Gasteiger partial charge in [-0.05, 0) is 50.0 Å². The topological polar surface area (TPSA) is 64.4 Å². The highest BCUT2D eigenvalue weighted by atomic mass is 35.5. The van der Waals surface area contributed by atoms with Crippen molar-refractivity contribution in [1.29, 1.82) is 0 Å². The van der Waals surface area contributed by atoms with Crippen LogP contribution in [0.3, 0.4) is 0 Å². The Labute approximate surface area is 211 Å². The van der Waals surface area contributed by atoms with Gasteiger partial charge in [0.2, 0.25) is 0 Å². The number of nitrogens with zero attached hydrogens (tertiary/aromatic N) is 3. The molecule has 2 aromatic rings. The molecule has 34 heavy (non-hydrogen) atoms. The number of rotatable bonds is 9. The number of piperidine rings is 1. The summed E-state index contributed by atoms with van der Waals surface area (Å²) < 4.78 is 21.4. The number of aryl methyl sites for hydroxylation is 1. The number of hydrogen-bond donors (Lipinski definition) is 1. The van der Waals surface area contributed by atoms with Gasteiger partial charge in [-0.2, -0.15) is 17.7 Å². The van der Waals surface area contributed by atoms with Crippen LogP contribution in [0.15, 0.2) is 42.1 Å². The predicted molar refractivity (Wildman–Crippen MR) is 135 cm³/mol. The summed E-state index contributed by atoms with van der Waals surface area (Å²) in [4.78, 5) is 26.8. The van der Waals surface area contributed by atoms with E-state index in [1.54, 1.807) is 29.8 Å². The molecule has 4 rings (SSSR count). The van der Waals surface area contributed by atoms with Crippen molar-refractivity contribution in [2.24, 2.45) is 5.92 Å². The van der Waals surface area contributed by atoms with Gasteiger partial charge in [-0.25, -0.2) is 4.39 Å². The molecular weight excluding hydrogens is 477 g/mol. The van der Waals surface area contributed by atoms with Crippen molar-refractivity contribution < 1.29 is 18.7 Å². The summed E-state index contributed by atoms with van der Waals surface area (Å²) in [5, 5.41) is 4.58. The third-order valence-electron chi connectivity index (χ3n) is 6.16. The third-order valence-corrected chi connectivity index (χ3v) is 6.75. The summed E-state index contributed by atoms with van der Waals surface area (Å²) in [6.07, 6.45) is 6.63. The molecule has 2 fully saturated rings. The molecule has 1 saturated heterocycles. The molecule has 0 N–H and O–H groups in total. The standard InChI is InChI=1S/C25H30FN3O3S.ClH/c1-2-32-23(30)11-14-29-13-9-19(27-29)15-18-16-28(12-10-22(18)33)24(25(31)17-7-8-17)20-5-3-4-6-21(20)26;/h3-6,9,13,15,17,22,24,33H,2,7-8,10-12,14,16H2,1H3;1H/b18-15-;/t22-,24+;/m1./s1. The van der Waals surface area contributed by atoms with Crippen molar-refractivity contribution in [1.82, 2.24) is 14.7 Å². The van der Waals surface area contributed by atoms with Crippen LogP contribution in [0, 0.1) is 11.7 Å². The number of benzene rings is 1. The van der Waals surface area contributed by atoms with Crippen LogP contribution in [0.1, 0.15) is 49.9 Å². The second kappa shape index (κ2) is 12.0. The number of carbonyl (C=O) groups excluding carboxylic acids is 2. The van der Waals surface area contributed by atoms with Gasteiger partial charge in [-0.15, -0.1) is 12.4 Å². The van der Waals surface area contributed by atoms with E-state index in [9.17, 15) is 14.0 Å². The number of thiol groups is 1. The maximum atomic E-state index is 14.7. The molecule has 1 saturated carbocycles. The molecule has 1 aromatic carbocycles. The van der Waals surface area contributed by atoms with Crippen LogP contribution in [0.4, 0.5) is 4.39 Å². The second-order valence-corrected chi connectivity index (χ2v) is 9.28. The Hall–Kier alpha value is -2.16. The largest absolute Gasteiger partial charge is 0.466 e. The first-order chi connectivity index (χ1) is 16.0. The van der Waals surface area contributed by atoms with E-state index in [4.69, 9.17) is 17.4 Å². The van der Waals surface area contributed by atoms with Gasteiger partial charge in [0, 0.05) is 36.0 Å². The molecule has 184 valence electrons. The molecule has 2 atom stereocenters. The van der Waals surface area contributed by atoms with E-state index < -0.39 is 6.04 Å². The number of halogens is 2. The molecule has 0 radical (unpaired) electrons. The zero-order valence-corrected chi connectivity index (χ0v) is 20.9. The Morgan fingerprint density at radius 1 is 1.26 bits per heavy atom. The zero-order chi connectivity index (χ0) is 23.4. The fourth-order valence-electron chi connectivity index (χ4n) is 4.28. The van der Waals surface area contributed by atoms with E-state index in [1.165, 1.54) is 6.07 Å². The summed E-state index contributed by atoms with van der Waals surface area (Å²) in [5.41, 5.74) is 2.27.